The second-order valence-corrected chi connectivity index (χ2v) is 6.59. The Bertz CT molecular complexity index is 655. The summed E-state index contributed by atoms with van der Waals surface area (Å²) < 4.78 is 6.14. The van der Waals surface area contributed by atoms with E-state index in [-0.39, 0.29) is 5.69 Å². The fourth-order valence-corrected chi connectivity index (χ4v) is 3.46. The van der Waals surface area contributed by atoms with Gasteiger partial charge in [0, 0.05) is 14.9 Å². The Hall–Kier alpha value is -1.31. The number of carboxylic acids is 1. The molecule has 2 aromatic rings. The standard InChI is InChI=1S/C13H11BrN2O3S/c14-9-3-7(10-4-11(13(17)18)16-15-10)1-2-12(9)20-8-5-19-6-8/h1-4,8H,5-6H2,(H,15,16)(H,17,18). The van der Waals surface area contributed by atoms with Gasteiger partial charge in [-0.1, -0.05) is 6.07 Å². The average Bonchev–Trinajstić information content (AvgIpc) is 2.84. The number of hydrogen-bond donors (Lipinski definition) is 2. The predicted molar refractivity (Wildman–Crippen MR) is 79.1 cm³/mol. The van der Waals surface area contributed by atoms with Crippen molar-refractivity contribution >= 4 is 33.7 Å². The topological polar surface area (TPSA) is 75.2 Å². The molecule has 1 fully saturated rings. The Morgan fingerprint density at radius 3 is 2.80 bits per heavy atom. The van der Waals surface area contributed by atoms with Gasteiger partial charge in [-0.15, -0.1) is 11.8 Å². The minimum absolute atomic E-state index is 0.0844. The van der Waals surface area contributed by atoms with Crippen molar-refractivity contribution in [1.29, 1.82) is 0 Å². The molecule has 20 heavy (non-hydrogen) atoms. The number of benzene rings is 1. The number of nitrogens with one attached hydrogen (secondary N) is 1. The van der Waals surface area contributed by atoms with E-state index in [1.165, 1.54) is 6.07 Å². The number of aromatic nitrogens is 2. The van der Waals surface area contributed by atoms with E-state index >= 15 is 0 Å². The van der Waals surface area contributed by atoms with Crippen molar-refractivity contribution in [3.8, 4) is 11.3 Å². The molecule has 5 nitrogen and oxygen atoms in total. The lowest BCUT2D eigenvalue weighted by molar-refractivity contribution is 0.0455. The van der Waals surface area contributed by atoms with Gasteiger partial charge in [-0.3, -0.25) is 5.10 Å². The number of nitrogens with zero attached hydrogens (tertiary/aromatic N) is 1. The minimum atomic E-state index is -1.01. The second-order valence-electron chi connectivity index (χ2n) is 4.39. The van der Waals surface area contributed by atoms with Crippen molar-refractivity contribution in [2.24, 2.45) is 0 Å². The van der Waals surface area contributed by atoms with Gasteiger partial charge in [0.15, 0.2) is 0 Å². The smallest absolute Gasteiger partial charge is 0.353 e. The predicted octanol–water partition coefficient (Wildman–Crippen LogP) is 3.03. The molecule has 0 unspecified atom stereocenters. The van der Waals surface area contributed by atoms with Gasteiger partial charge in [0.05, 0.1) is 24.2 Å². The second kappa shape index (κ2) is 5.59. The Morgan fingerprint density at radius 1 is 1.45 bits per heavy atom. The molecule has 0 spiro atoms. The number of aromatic amines is 1. The summed E-state index contributed by atoms with van der Waals surface area (Å²) in [5.74, 6) is -1.01. The van der Waals surface area contributed by atoms with Crippen molar-refractivity contribution in [3.05, 3.63) is 34.4 Å². The number of thioether (sulfide) groups is 1. The Kier molecular flexibility index (Phi) is 3.82. The summed E-state index contributed by atoms with van der Waals surface area (Å²) in [6, 6.07) is 7.42. The quantitative estimate of drug-likeness (QED) is 0.882. The number of hydrogen-bond acceptors (Lipinski definition) is 4. The van der Waals surface area contributed by atoms with Gasteiger partial charge in [0.2, 0.25) is 0 Å². The van der Waals surface area contributed by atoms with Gasteiger partial charge in [-0.05, 0) is 34.1 Å². The number of aromatic carboxylic acids is 1. The maximum Gasteiger partial charge on any atom is 0.353 e. The van der Waals surface area contributed by atoms with Crippen LogP contribution in [0, 0.1) is 0 Å². The summed E-state index contributed by atoms with van der Waals surface area (Å²) >= 11 is 5.32. The van der Waals surface area contributed by atoms with Crippen LogP contribution in [-0.2, 0) is 4.74 Å². The number of carbonyl (C=O) groups is 1. The van der Waals surface area contributed by atoms with Crippen molar-refractivity contribution in [2.75, 3.05) is 13.2 Å². The van der Waals surface area contributed by atoms with E-state index in [9.17, 15) is 4.79 Å². The van der Waals surface area contributed by atoms with Crippen LogP contribution in [0.1, 0.15) is 10.5 Å². The largest absolute Gasteiger partial charge is 0.477 e. The van der Waals surface area contributed by atoms with Crippen molar-refractivity contribution in [2.45, 2.75) is 10.1 Å². The summed E-state index contributed by atoms with van der Waals surface area (Å²) in [5, 5.41) is 15.9. The first-order valence-corrected chi connectivity index (χ1v) is 7.64. The molecule has 0 amide bonds. The molecule has 0 aliphatic carbocycles. The third kappa shape index (κ3) is 2.74. The highest BCUT2D eigenvalue weighted by Crippen LogP contribution is 2.35. The lowest BCUT2D eigenvalue weighted by Gasteiger charge is -2.25. The molecule has 7 heteroatoms. The van der Waals surface area contributed by atoms with Crippen LogP contribution in [0.3, 0.4) is 0 Å². The van der Waals surface area contributed by atoms with Gasteiger partial charge in [-0.2, -0.15) is 5.10 Å². The average molecular weight is 355 g/mol. The van der Waals surface area contributed by atoms with Crippen molar-refractivity contribution < 1.29 is 14.6 Å². The number of halogens is 1. The molecule has 2 heterocycles. The summed E-state index contributed by atoms with van der Waals surface area (Å²) in [4.78, 5) is 12.0. The summed E-state index contributed by atoms with van der Waals surface area (Å²) in [6.45, 7) is 1.58. The monoisotopic (exact) mass is 354 g/mol. The molecule has 0 bridgehead atoms. The molecule has 0 radical (unpaired) electrons. The molecule has 2 N–H and O–H groups in total. The highest BCUT2D eigenvalue weighted by molar-refractivity contribution is 9.10. The molecular formula is C13H11BrN2O3S. The summed E-state index contributed by atoms with van der Waals surface area (Å²) in [5.41, 5.74) is 1.57. The van der Waals surface area contributed by atoms with Crippen LogP contribution in [0.2, 0.25) is 0 Å². The number of rotatable bonds is 4. The third-order valence-electron chi connectivity index (χ3n) is 2.94. The zero-order valence-corrected chi connectivity index (χ0v) is 12.7. The van der Waals surface area contributed by atoms with E-state index in [4.69, 9.17) is 9.84 Å². The molecule has 1 aromatic heterocycles. The van der Waals surface area contributed by atoms with Crippen LogP contribution in [0.4, 0.5) is 0 Å². The fraction of sp³-hybridized carbons (Fsp3) is 0.231. The van der Waals surface area contributed by atoms with Crippen LogP contribution in [0.5, 0.6) is 0 Å². The zero-order chi connectivity index (χ0) is 14.1. The highest BCUT2D eigenvalue weighted by Gasteiger charge is 2.20. The summed E-state index contributed by atoms with van der Waals surface area (Å²) in [6.07, 6.45) is 0. The molecule has 1 aromatic carbocycles. The molecule has 1 aliphatic heterocycles. The van der Waals surface area contributed by atoms with Crippen LogP contribution in [-0.4, -0.2) is 39.7 Å². The van der Waals surface area contributed by atoms with E-state index in [1.54, 1.807) is 11.8 Å². The van der Waals surface area contributed by atoms with E-state index in [0.29, 0.717) is 10.9 Å². The Labute approximate surface area is 127 Å². The molecule has 104 valence electrons. The first-order chi connectivity index (χ1) is 9.63. The van der Waals surface area contributed by atoms with E-state index < -0.39 is 5.97 Å². The van der Waals surface area contributed by atoms with Crippen LogP contribution >= 0.6 is 27.7 Å². The van der Waals surface area contributed by atoms with Gasteiger partial charge in [0.1, 0.15) is 5.69 Å². The van der Waals surface area contributed by atoms with Crippen molar-refractivity contribution in [3.63, 3.8) is 0 Å². The normalized spacial score (nSPS) is 15.1. The maximum absolute atomic E-state index is 10.8. The van der Waals surface area contributed by atoms with Gasteiger partial charge >= 0.3 is 5.97 Å². The van der Waals surface area contributed by atoms with Crippen LogP contribution in [0.25, 0.3) is 11.3 Å². The van der Waals surface area contributed by atoms with Gasteiger partial charge in [0.25, 0.3) is 0 Å². The van der Waals surface area contributed by atoms with E-state index in [0.717, 1.165) is 28.1 Å². The minimum Gasteiger partial charge on any atom is -0.477 e. The zero-order valence-electron chi connectivity index (χ0n) is 10.3. The lowest BCUT2D eigenvalue weighted by Crippen LogP contribution is -2.30. The van der Waals surface area contributed by atoms with E-state index in [2.05, 4.69) is 26.1 Å². The number of H-pyrrole nitrogens is 1. The van der Waals surface area contributed by atoms with Crippen molar-refractivity contribution in [1.82, 2.24) is 10.2 Å². The first kappa shape index (κ1) is 13.7. The molecule has 1 saturated heterocycles. The van der Waals surface area contributed by atoms with Gasteiger partial charge < -0.3 is 9.84 Å². The molecular weight excluding hydrogens is 344 g/mol. The summed E-state index contributed by atoms with van der Waals surface area (Å²) in [7, 11) is 0. The molecule has 1 aliphatic rings. The Balaban J connectivity index is 1.83. The molecule has 3 rings (SSSR count). The van der Waals surface area contributed by atoms with E-state index in [1.807, 2.05) is 18.2 Å². The maximum atomic E-state index is 10.8. The lowest BCUT2D eigenvalue weighted by atomic mass is 10.1. The highest BCUT2D eigenvalue weighted by atomic mass is 79.9. The third-order valence-corrected chi connectivity index (χ3v) is 5.07. The molecule has 0 saturated carbocycles. The SMILES string of the molecule is O=C(O)c1cc(-c2ccc(SC3COC3)c(Br)c2)n[nH]1. The molecule has 0 atom stereocenters. The van der Waals surface area contributed by atoms with Crippen LogP contribution in [0.15, 0.2) is 33.6 Å². The van der Waals surface area contributed by atoms with Crippen LogP contribution < -0.4 is 0 Å². The Morgan fingerprint density at radius 2 is 2.25 bits per heavy atom. The number of carboxylic acid groups (broad SMARTS) is 1. The first-order valence-electron chi connectivity index (χ1n) is 5.96. The van der Waals surface area contributed by atoms with Gasteiger partial charge in [-0.25, -0.2) is 4.79 Å². The fourth-order valence-electron chi connectivity index (χ4n) is 1.80. The number of ether oxygens (including phenoxy) is 1.